The molecular weight excluding hydrogens is 242 g/mol. The molecule has 1 N–H and O–H groups in total. The molecule has 1 heterocycles. The molecule has 0 saturated heterocycles. The first-order valence-corrected chi connectivity index (χ1v) is 6.50. The fraction of sp³-hybridized carbons (Fsp3) is 0.400. The number of hydroxylamine groups is 1. The first-order valence-electron chi connectivity index (χ1n) is 6.50. The van der Waals surface area contributed by atoms with Crippen molar-refractivity contribution in [1.82, 2.24) is 5.48 Å². The summed E-state index contributed by atoms with van der Waals surface area (Å²) in [6.07, 6.45) is 0.569. The smallest absolute Gasteiger partial charge is 0.274 e. The van der Waals surface area contributed by atoms with Crippen LogP contribution in [0.3, 0.4) is 0 Å². The highest BCUT2D eigenvalue weighted by Crippen LogP contribution is 2.43. The van der Waals surface area contributed by atoms with Gasteiger partial charge in [0.2, 0.25) is 0 Å². The van der Waals surface area contributed by atoms with Gasteiger partial charge in [0.25, 0.3) is 5.91 Å². The Morgan fingerprint density at radius 3 is 2.74 bits per heavy atom. The predicted molar refractivity (Wildman–Crippen MR) is 72.6 cm³/mol. The van der Waals surface area contributed by atoms with E-state index in [1.807, 2.05) is 45.0 Å². The number of ether oxygens (including phenoxy) is 1. The number of rotatable bonds is 5. The van der Waals surface area contributed by atoms with E-state index in [1.165, 1.54) is 0 Å². The Morgan fingerprint density at radius 1 is 1.37 bits per heavy atom. The van der Waals surface area contributed by atoms with Gasteiger partial charge in [-0.1, -0.05) is 30.7 Å². The van der Waals surface area contributed by atoms with Crippen LogP contribution in [0.1, 0.15) is 38.9 Å². The Kier molecular flexibility index (Phi) is 4.22. The zero-order valence-corrected chi connectivity index (χ0v) is 11.5. The number of fused-ring (bicyclic) bond motifs is 1. The quantitative estimate of drug-likeness (QED) is 0.503. The molecule has 1 aliphatic rings. The van der Waals surface area contributed by atoms with Crippen molar-refractivity contribution in [3.05, 3.63) is 41.0 Å². The van der Waals surface area contributed by atoms with Crippen LogP contribution >= 0.6 is 0 Å². The maximum atomic E-state index is 12.1. The van der Waals surface area contributed by atoms with Crippen molar-refractivity contribution in [2.24, 2.45) is 0 Å². The normalized spacial score (nSPS) is 15.8. The van der Waals surface area contributed by atoms with Crippen LogP contribution in [0, 0.1) is 0 Å². The summed E-state index contributed by atoms with van der Waals surface area (Å²) >= 11 is 0. The molecule has 1 aliphatic heterocycles. The molecule has 0 aromatic heterocycles. The molecule has 4 heteroatoms. The molecule has 1 aromatic carbocycles. The highest BCUT2D eigenvalue weighted by Gasteiger charge is 2.35. The van der Waals surface area contributed by atoms with Crippen LogP contribution in [0.25, 0.3) is 0 Å². The monoisotopic (exact) mass is 261 g/mol. The average Bonchev–Trinajstić information content (AvgIpc) is 2.35. The summed E-state index contributed by atoms with van der Waals surface area (Å²) in [6, 6.07) is 7.75. The minimum Gasteiger partial charge on any atom is -0.480 e. The molecule has 0 fully saturated rings. The molecule has 2 rings (SSSR count). The first-order chi connectivity index (χ1) is 9.15. The SMILES string of the molecule is CCCONC(=O)C(=C(C)C)C1Oc2ccccc21. The third-order valence-corrected chi connectivity index (χ3v) is 2.96. The van der Waals surface area contributed by atoms with Gasteiger partial charge in [0.1, 0.15) is 5.75 Å². The zero-order chi connectivity index (χ0) is 13.8. The Hall–Kier alpha value is -1.81. The van der Waals surface area contributed by atoms with Crippen molar-refractivity contribution in [3.8, 4) is 5.75 Å². The number of nitrogens with one attached hydrogen (secondary N) is 1. The van der Waals surface area contributed by atoms with Gasteiger partial charge < -0.3 is 4.74 Å². The molecule has 19 heavy (non-hydrogen) atoms. The molecule has 0 radical (unpaired) electrons. The standard InChI is InChI=1S/C15H19NO3/c1-4-9-18-16-15(17)13(10(2)3)14-11-7-5-6-8-12(11)19-14/h5-8,14H,4,9H2,1-3H3,(H,16,17). The number of allylic oxidation sites excluding steroid dienone is 1. The van der Waals surface area contributed by atoms with Gasteiger partial charge in [0.15, 0.2) is 6.10 Å². The van der Waals surface area contributed by atoms with Gasteiger partial charge in [-0.05, 0) is 26.3 Å². The van der Waals surface area contributed by atoms with Crippen molar-refractivity contribution in [1.29, 1.82) is 0 Å². The molecule has 1 unspecified atom stereocenters. The van der Waals surface area contributed by atoms with E-state index in [9.17, 15) is 4.79 Å². The third kappa shape index (κ3) is 2.79. The van der Waals surface area contributed by atoms with Gasteiger partial charge in [-0.15, -0.1) is 0 Å². The molecule has 0 bridgehead atoms. The number of benzene rings is 1. The molecule has 1 atom stereocenters. The summed E-state index contributed by atoms with van der Waals surface area (Å²) < 4.78 is 5.66. The van der Waals surface area contributed by atoms with E-state index < -0.39 is 0 Å². The van der Waals surface area contributed by atoms with Crippen molar-refractivity contribution in [2.75, 3.05) is 6.61 Å². The summed E-state index contributed by atoms with van der Waals surface area (Å²) in [4.78, 5) is 17.2. The van der Waals surface area contributed by atoms with Gasteiger partial charge in [-0.25, -0.2) is 5.48 Å². The van der Waals surface area contributed by atoms with E-state index in [4.69, 9.17) is 9.57 Å². The van der Waals surface area contributed by atoms with Gasteiger partial charge in [-0.3, -0.25) is 9.63 Å². The molecule has 4 nitrogen and oxygen atoms in total. The second-order valence-electron chi connectivity index (χ2n) is 4.73. The van der Waals surface area contributed by atoms with Crippen molar-refractivity contribution < 1.29 is 14.4 Å². The van der Waals surface area contributed by atoms with Gasteiger partial charge >= 0.3 is 0 Å². The molecule has 0 spiro atoms. The van der Waals surface area contributed by atoms with Crippen molar-refractivity contribution >= 4 is 5.91 Å². The third-order valence-electron chi connectivity index (χ3n) is 2.96. The number of amides is 1. The second kappa shape index (κ2) is 5.89. The highest BCUT2D eigenvalue weighted by molar-refractivity contribution is 5.95. The summed E-state index contributed by atoms with van der Waals surface area (Å²) in [6.45, 7) is 6.29. The van der Waals surface area contributed by atoms with Crippen LogP contribution < -0.4 is 10.2 Å². The Morgan fingerprint density at radius 2 is 2.11 bits per heavy atom. The lowest BCUT2D eigenvalue weighted by atomic mass is 9.92. The van der Waals surface area contributed by atoms with E-state index in [2.05, 4.69) is 5.48 Å². The molecule has 0 saturated carbocycles. The maximum absolute atomic E-state index is 12.1. The lowest BCUT2D eigenvalue weighted by Crippen LogP contribution is -2.33. The molecule has 0 aliphatic carbocycles. The second-order valence-corrected chi connectivity index (χ2v) is 4.73. The molecule has 102 valence electrons. The van der Waals surface area contributed by atoms with Crippen LogP contribution in [0.4, 0.5) is 0 Å². The lowest BCUT2D eigenvalue weighted by Gasteiger charge is -2.32. The topological polar surface area (TPSA) is 47.6 Å². The number of carbonyl (C=O) groups is 1. The number of hydrogen-bond donors (Lipinski definition) is 1. The summed E-state index contributed by atoms with van der Waals surface area (Å²) in [7, 11) is 0. The molecule has 1 aromatic rings. The minimum atomic E-state index is -0.286. The maximum Gasteiger partial charge on any atom is 0.274 e. The van der Waals surface area contributed by atoms with Gasteiger partial charge in [0, 0.05) is 5.56 Å². The van der Waals surface area contributed by atoms with Crippen LogP contribution in [0.15, 0.2) is 35.4 Å². The predicted octanol–water partition coefficient (Wildman–Crippen LogP) is 2.91. The van der Waals surface area contributed by atoms with E-state index in [1.54, 1.807) is 0 Å². The first kappa shape index (κ1) is 13.6. The van der Waals surface area contributed by atoms with Crippen molar-refractivity contribution in [2.45, 2.75) is 33.3 Å². The van der Waals surface area contributed by atoms with Crippen LogP contribution in [-0.2, 0) is 9.63 Å². The zero-order valence-electron chi connectivity index (χ0n) is 11.5. The Balaban J connectivity index is 2.12. The van der Waals surface area contributed by atoms with Gasteiger partial charge in [0.05, 0.1) is 12.2 Å². The summed E-state index contributed by atoms with van der Waals surface area (Å²) in [5, 5.41) is 0. The molecule has 1 amide bonds. The number of para-hydroxylation sites is 1. The average molecular weight is 261 g/mol. The van der Waals surface area contributed by atoms with Crippen LogP contribution in [0.2, 0.25) is 0 Å². The Labute approximate surface area is 113 Å². The lowest BCUT2D eigenvalue weighted by molar-refractivity contribution is -0.130. The minimum absolute atomic E-state index is 0.229. The van der Waals surface area contributed by atoms with Crippen LogP contribution in [0.5, 0.6) is 5.75 Å². The highest BCUT2D eigenvalue weighted by atomic mass is 16.6. The summed E-state index contributed by atoms with van der Waals surface area (Å²) in [5.74, 6) is 0.612. The fourth-order valence-corrected chi connectivity index (χ4v) is 2.03. The number of hydrogen-bond acceptors (Lipinski definition) is 3. The van der Waals surface area contributed by atoms with Gasteiger partial charge in [-0.2, -0.15) is 0 Å². The fourth-order valence-electron chi connectivity index (χ4n) is 2.03. The Bertz CT molecular complexity index is 504. The number of carbonyl (C=O) groups excluding carboxylic acids is 1. The van der Waals surface area contributed by atoms with E-state index in [0.717, 1.165) is 23.3 Å². The van der Waals surface area contributed by atoms with E-state index in [-0.39, 0.29) is 12.0 Å². The van der Waals surface area contributed by atoms with E-state index in [0.29, 0.717) is 12.2 Å². The van der Waals surface area contributed by atoms with Crippen LogP contribution in [-0.4, -0.2) is 12.5 Å². The molecular formula is C15H19NO3. The largest absolute Gasteiger partial charge is 0.480 e. The summed E-state index contributed by atoms with van der Waals surface area (Å²) in [5.41, 5.74) is 5.06. The van der Waals surface area contributed by atoms with Crippen molar-refractivity contribution in [3.63, 3.8) is 0 Å². The van der Waals surface area contributed by atoms with E-state index >= 15 is 0 Å².